The van der Waals surface area contributed by atoms with Crippen molar-refractivity contribution in [3.63, 3.8) is 0 Å². The van der Waals surface area contributed by atoms with Crippen LogP contribution < -0.4 is 10.9 Å². The molecule has 6 nitrogen and oxygen atoms in total. The molecule has 0 aromatic carbocycles. The molecule has 0 radical (unpaired) electrons. The normalized spacial score (nSPS) is 12.3. The minimum atomic E-state index is -0.0993. The Hall–Kier alpha value is -2.11. The van der Waals surface area contributed by atoms with Crippen molar-refractivity contribution in [2.24, 2.45) is 0 Å². The van der Waals surface area contributed by atoms with Gasteiger partial charge in [-0.05, 0) is 13.3 Å². The van der Waals surface area contributed by atoms with Gasteiger partial charge in [0.15, 0.2) is 5.82 Å². The van der Waals surface area contributed by atoms with Crippen LogP contribution in [0.5, 0.6) is 0 Å². The summed E-state index contributed by atoms with van der Waals surface area (Å²) < 4.78 is 1.66. The monoisotopic (exact) mass is 247 g/mol. The van der Waals surface area contributed by atoms with Gasteiger partial charge in [0, 0.05) is 31.3 Å². The van der Waals surface area contributed by atoms with Crippen molar-refractivity contribution in [2.45, 2.75) is 32.9 Å². The third-order valence-electron chi connectivity index (χ3n) is 2.66. The van der Waals surface area contributed by atoms with Crippen LogP contribution in [-0.2, 0) is 6.54 Å². The summed E-state index contributed by atoms with van der Waals surface area (Å²) in [4.78, 5) is 23.3. The minimum absolute atomic E-state index is 0.0855. The Morgan fingerprint density at radius 3 is 2.94 bits per heavy atom. The third kappa shape index (κ3) is 2.58. The summed E-state index contributed by atoms with van der Waals surface area (Å²) in [6, 6.07) is -0.0855. The first-order valence-electron chi connectivity index (χ1n) is 6.03. The van der Waals surface area contributed by atoms with E-state index in [9.17, 15) is 4.79 Å². The lowest BCUT2D eigenvalue weighted by atomic mass is 10.3. The van der Waals surface area contributed by atoms with Crippen LogP contribution in [0.25, 0.3) is 0 Å². The van der Waals surface area contributed by atoms with Crippen molar-refractivity contribution < 1.29 is 0 Å². The SMILES string of the molecule is CCCn1ccnc(NC(C)c2ncc[nH]2)c1=O. The van der Waals surface area contributed by atoms with E-state index in [1.54, 1.807) is 29.4 Å². The summed E-state index contributed by atoms with van der Waals surface area (Å²) in [5.74, 6) is 1.14. The van der Waals surface area contributed by atoms with Crippen LogP contribution in [0.1, 0.15) is 32.1 Å². The Morgan fingerprint density at radius 1 is 1.44 bits per heavy atom. The maximum absolute atomic E-state index is 12.1. The Bertz CT molecular complexity index is 546. The van der Waals surface area contributed by atoms with E-state index in [4.69, 9.17) is 0 Å². The molecule has 18 heavy (non-hydrogen) atoms. The van der Waals surface area contributed by atoms with Crippen molar-refractivity contribution >= 4 is 5.82 Å². The van der Waals surface area contributed by atoms with Crippen LogP contribution in [-0.4, -0.2) is 19.5 Å². The van der Waals surface area contributed by atoms with Gasteiger partial charge in [-0.25, -0.2) is 9.97 Å². The number of imidazole rings is 1. The molecule has 96 valence electrons. The van der Waals surface area contributed by atoms with Gasteiger partial charge in [-0.1, -0.05) is 6.92 Å². The number of anilines is 1. The van der Waals surface area contributed by atoms with Gasteiger partial charge in [-0.2, -0.15) is 0 Å². The highest BCUT2D eigenvalue weighted by Crippen LogP contribution is 2.10. The fraction of sp³-hybridized carbons (Fsp3) is 0.417. The molecule has 2 N–H and O–H groups in total. The van der Waals surface area contributed by atoms with Gasteiger partial charge in [-0.3, -0.25) is 4.79 Å². The first kappa shape index (κ1) is 12.3. The number of aromatic nitrogens is 4. The van der Waals surface area contributed by atoms with E-state index in [-0.39, 0.29) is 11.6 Å². The predicted octanol–water partition coefficient (Wildman–Crippen LogP) is 1.55. The van der Waals surface area contributed by atoms with Crippen LogP contribution in [0.3, 0.4) is 0 Å². The molecule has 0 aliphatic carbocycles. The molecule has 0 fully saturated rings. The van der Waals surface area contributed by atoms with Gasteiger partial charge in [0.25, 0.3) is 5.56 Å². The Labute approximate surface area is 105 Å². The first-order valence-corrected chi connectivity index (χ1v) is 6.03. The predicted molar refractivity (Wildman–Crippen MR) is 69.4 cm³/mol. The maximum Gasteiger partial charge on any atom is 0.293 e. The summed E-state index contributed by atoms with van der Waals surface area (Å²) in [7, 11) is 0. The van der Waals surface area contributed by atoms with Gasteiger partial charge in [0.05, 0.1) is 6.04 Å². The Balaban J connectivity index is 2.19. The van der Waals surface area contributed by atoms with E-state index < -0.39 is 0 Å². The lowest BCUT2D eigenvalue weighted by Crippen LogP contribution is -2.25. The standard InChI is InChI=1S/C12H17N5O/c1-3-7-17-8-6-15-11(12(17)18)16-9(2)10-13-4-5-14-10/h4-6,8-9H,3,7H2,1-2H3,(H,13,14)(H,15,16). The van der Waals surface area contributed by atoms with Crippen LogP contribution in [0.15, 0.2) is 29.6 Å². The fourth-order valence-corrected chi connectivity index (χ4v) is 1.75. The van der Waals surface area contributed by atoms with E-state index in [0.717, 1.165) is 12.2 Å². The smallest absolute Gasteiger partial charge is 0.293 e. The molecule has 2 heterocycles. The molecular formula is C12H17N5O. The second-order valence-corrected chi connectivity index (χ2v) is 4.11. The van der Waals surface area contributed by atoms with Crippen molar-refractivity contribution in [3.8, 4) is 0 Å². The molecule has 0 aliphatic rings. The summed E-state index contributed by atoms with van der Waals surface area (Å²) in [6.07, 6.45) is 7.68. The number of aryl methyl sites for hydroxylation is 1. The van der Waals surface area contributed by atoms with Crippen molar-refractivity contribution in [2.75, 3.05) is 5.32 Å². The molecule has 0 saturated heterocycles. The maximum atomic E-state index is 12.1. The van der Waals surface area contributed by atoms with E-state index in [0.29, 0.717) is 12.4 Å². The lowest BCUT2D eigenvalue weighted by Gasteiger charge is -2.12. The van der Waals surface area contributed by atoms with E-state index >= 15 is 0 Å². The molecule has 2 aromatic rings. The quantitative estimate of drug-likeness (QED) is 0.840. The number of hydrogen-bond acceptors (Lipinski definition) is 4. The number of nitrogens with one attached hydrogen (secondary N) is 2. The van der Waals surface area contributed by atoms with Gasteiger partial charge >= 0.3 is 0 Å². The van der Waals surface area contributed by atoms with Crippen LogP contribution in [0.2, 0.25) is 0 Å². The minimum Gasteiger partial charge on any atom is -0.356 e. The highest BCUT2D eigenvalue weighted by atomic mass is 16.1. The van der Waals surface area contributed by atoms with Gasteiger partial charge in [0.2, 0.25) is 0 Å². The molecule has 0 bridgehead atoms. The molecule has 0 saturated carbocycles. The number of H-pyrrole nitrogens is 1. The molecule has 6 heteroatoms. The average Bonchev–Trinajstić information content (AvgIpc) is 2.88. The van der Waals surface area contributed by atoms with Gasteiger partial charge in [-0.15, -0.1) is 0 Å². The zero-order valence-corrected chi connectivity index (χ0v) is 10.6. The zero-order valence-electron chi connectivity index (χ0n) is 10.6. The number of nitrogens with zero attached hydrogens (tertiary/aromatic N) is 3. The first-order chi connectivity index (χ1) is 8.72. The third-order valence-corrected chi connectivity index (χ3v) is 2.66. The second-order valence-electron chi connectivity index (χ2n) is 4.11. The van der Waals surface area contributed by atoms with Crippen LogP contribution >= 0.6 is 0 Å². The highest BCUT2D eigenvalue weighted by molar-refractivity contribution is 5.33. The van der Waals surface area contributed by atoms with Crippen molar-refractivity contribution in [1.29, 1.82) is 0 Å². The molecule has 1 unspecified atom stereocenters. The molecule has 1 atom stereocenters. The molecule has 0 amide bonds. The molecule has 2 aromatic heterocycles. The van der Waals surface area contributed by atoms with Crippen LogP contribution in [0.4, 0.5) is 5.82 Å². The number of aromatic amines is 1. The second kappa shape index (κ2) is 5.48. The van der Waals surface area contributed by atoms with E-state index in [2.05, 4.69) is 20.3 Å². The summed E-state index contributed by atoms with van der Waals surface area (Å²) in [6.45, 7) is 4.66. The topological polar surface area (TPSA) is 75.6 Å². The summed E-state index contributed by atoms with van der Waals surface area (Å²) in [5.41, 5.74) is -0.0993. The molecule has 2 rings (SSSR count). The molecular weight excluding hydrogens is 230 g/mol. The molecule has 0 aliphatic heterocycles. The largest absolute Gasteiger partial charge is 0.356 e. The highest BCUT2D eigenvalue weighted by Gasteiger charge is 2.11. The Kier molecular flexibility index (Phi) is 3.76. The summed E-state index contributed by atoms with van der Waals surface area (Å²) >= 11 is 0. The summed E-state index contributed by atoms with van der Waals surface area (Å²) in [5, 5.41) is 3.07. The average molecular weight is 247 g/mol. The Morgan fingerprint density at radius 2 is 2.28 bits per heavy atom. The van der Waals surface area contributed by atoms with Crippen LogP contribution in [0, 0.1) is 0 Å². The molecule has 0 spiro atoms. The van der Waals surface area contributed by atoms with Crippen molar-refractivity contribution in [3.05, 3.63) is 41.0 Å². The van der Waals surface area contributed by atoms with Crippen molar-refractivity contribution in [1.82, 2.24) is 19.5 Å². The number of hydrogen-bond donors (Lipinski definition) is 2. The van der Waals surface area contributed by atoms with Gasteiger partial charge < -0.3 is 14.9 Å². The van der Waals surface area contributed by atoms with E-state index in [1.807, 2.05) is 13.8 Å². The van der Waals surface area contributed by atoms with Gasteiger partial charge in [0.1, 0.15) is 5.82 Å². The fourth-order valence-electron chi connectivity index (χ4n) is 1.75. The zero-order chi connectivity index (χ0) is 13.0. The van der Waals surface area contributed by atoms with E-state index in [1.165, 1.54) is 0 Å². The number of rotatable bonds is 5. The lowest BCUT2D eigenvalue weighted by molar-refractivity contribution is 0.647.